The number of hydrogen-bond acceptors (Lipinski definition) is 6. The molecular weight excluding hydrogens is 423 g/mol. The number of amidine groups is 1. The molecule has 30 heavy (non-hydrogen) atoms. The Kier molecular flexibility index (Phi) is 5.10. The van der Waals surface area contributed by atoms with Crippen molar-refractivity contribution >= 4 is 28.5 Å². The number of nitroso groups, excluding NO2 is 1. The SMILES string of the molecule is CN=O.NC1=NC2CC(c3c(OC(F)F)cccc31)n1c2nc2cc(F)c(Cl)cc21. The van der Waals surface area contributed by atoms with Crippen molar-refractivity contribution < 1.29 is 17.9 Å². The van der Waals surface area contributed by atoms with Crippen LogP contribution in [0.2, 0.25) is 5.02 Å². The highest BCUT2D eigenvalue weighted by atomic mass is 35.5. The molecule has 1 aromatic heterocycles. The van der Waals surface area contributed by atoms with Crippen LogP contribution >= 0.6 is 11.6 Å². The zero-order valence-electron chi connectivity index (χ0n) is 15.5. The molecule has 0 radical (unpaired) electrons. The van der Waals surface area contributed by atoms with Gasteiger partial charge in [0.05, 0.1) is 29.1 Å². The zero-order valence-corrected chi connectivity index (χ0v) is 16.3. The lowest BCUT2D eigenvalue weighted by molar-refractivity contribution is -0.0506. The van der Waals surface area contributed by atoms with Gasteiger partial charge in [0.1, 0.15) is 29.3 Å². The zero-order chi connectivity index (χ0) is 21.6. The van der Waals surface area contributed by atoms with Gasteiger partial charge in [-0.2, -0.15) is 13.7 Å². The molecule has 3 heterocycles. The van der Waals surface area contributed by atoms with Crippen LogP contribution in [-0.2, 0) is 0 Å². The molecule has 0 amide bonds. The number of benzene rings is 2. The van der Waals surface area contributed by atoms with E-state index in [0.717, 1.165) is 0 Å². The summed E-state index contributed by atoms with van der Waals surface area (Å²) in [6.45, 7) is -2.97. The summed E-state index contributed by atoms with van der Waals surface area (Å²) in [5.74, 6) is 0.292. The number of nitrogens with zero attached hydrogens (tertiary/aromatic N) is 4. The van der Waals surface area contributed by atoms with Gasteiger partial charge in [-0.25, -0.2) is 9.37 Å². The van der Waals surface area contributed by atoms with E-state index in [1.807, 2.05) is 4.57 Å². The van der Waals surface area contributed by atoms with E-state index in [9.17, 15) is 13.2 Å². The van der Waals surface area contributed by atoms with Gasteiger partial charge in [0.15, 0.2) is 0 Å². The minimum absolute atomic E-state index is 0.0363. The summed E-state index contributed by atoms with van der Waals surface area (Å²) in [5, 5.41) is 2.21. The smallest absolute Gasteiger partial charge is 0.387 e. The topological polar surface area (TPSA) is 94.9 Å². The molecule has 7 nitrogen and oxygen atoms in total. The molecule has 2 atom stereocenters. The minimum Gasteiger partial charge on any atom is -0.434 e. The molecule has 2 bridgehead atoms. The van der Waals surface area contributed by atoms with Gasteiger partial charge in [-0.05, 0) is 12.1 Å². The van der Waals surface area contributed by atoms with Gasteiger partial charge >= 0.3 is 6.61 Å². The summed E-state index contributed by atoms with van der Waals surface area (Å²) in [7, 11) is 1.19. The predicted octanol–water partition coefficient (Wildman–Crippen LogP) is 4.57. The lowest BCUT2D eigenvalue weighted by Crippen LogP contribution is -2.20. The number of aromatic nitrogens is 2. The molecule has 2 unspecified atom stereocenters. The molecule has 0 spiro atoms. The van der Waals surface area contributed by atoms with Crippen molar-refractivity contribution in [2.45, 2.75) is 25.1 Å². The first kappa shape index (κ1) is 20.1. The average Bonchev–Trinajstić information content (AvgIpc) is 3.14. The van der Waals surface area contributed by atoms with Crippen LogP contribution in [0.15, 0.2) is 40.5 Å². The van der Waals surface area contributed by atoms with E-state index in [0.29, 0.717) is 34.4 Å². The largest absolute Gasteiger partial charge is 0.434 e. The quantitative estimate of drug-likeness (QED) is 0.594. The van der Waals surface area contributed by atoms with E-state index < -0.39 is 12.4 Å². The second-order valence-electron chi connectivity index (χ2n) is 6.66. The maximum absolute atomic E-state index is 13.9. The number of alkyl halides is 2. The van der Waals surface area contributed by atoms with Crippen molar-refractivity contribution in [3.63, 3.8) is 0 Å². The first-order chi connectivity index (χ1) is 14.3. The first-order valence-electron chi connectivity index (χ1n) is 8.85. The van der Waals surface area contributed by atoms with Gasteiger partial charge in [-0.15, -0.1) is 0 Å². The number of fused-ring (bicyclic) bond motifs is 9. The Labute approximate surface area is 173 Å². The molecule has 0 fully saturated rings. The highest BCUT2D eigenvalue weighted by Gasteiger charge is 2.40. The summed E-state index contributed by atoms with van der Waals surface area (Å²) in [6, 6.07) is 6.79. The van der Waals surface area contributed by atoms with Crippen LogP contribution in [0.5, 0.6) is 5.75 Å². The van der Waals surface area contributed by atoms with Crippen LogP contribution in [0.4, 0.5) is 13.2 Å². The Bertz CT molecular complexity index is 1180. The molecule has 156 valence electrons. The number of imidazole rings is 1. The van der Waals surface area contributed by atoms with Gasteiger partial charge in [-0.1, -0.05) is 28.9 Å². The third kappa shape index (κ3) is 3.17. The van der Waals surface area contributed by atoms with Crippen molar-refractivity contribution in [2.75, 3.05) is 7.05 Å². The molecule has 3 aromatic rings. The van der Waals surface area contributed by atoms with Gasteiger partial charge in [0.25, 0.3) is 0 Å². The van der Waals surface area contributed by atoms with Crippen LogP contribution in [0.25, 0.3) is 11.0 Å². The molecule has 2 aliphatic rings. The Morgan fingerprint density at radius 1 is 1.37 bits per heavy atom. The molecule has 2 aromatic carbocycles. The Morgan fingerprint density at radius 2 is 2.10 bits per heavy atom. The maximum Gasteiger partial charge on any atom is 0.387 e. The van der Waals surface area contributed by atoms with Gasteiger partial charge in [-0.3, -0.25) is 4.99 Å². The molecule has 11 heteroatoms. The van der Waals surface area contributed by atoms with E-state index in [1.165, 1.54) is 25.2 Å². The normalized spacial score (nSPS) is 18.8. The number of halogens is 4. The Balaban J connectivity index is 0.000000687. The van der Waals surface area contributed by atoms with Gasteiger partial charge in [0.2, 0.25) is 0 Å². The fourth-order valence-electron chi connectivity index (χ4n) is 4.00. The van der Waals surface area contributed by atoms with Crippen LogP contribution in [0, 0.1) is 10.7 Å². The number of rotatable bonds is 2. The molecule has 5 rings (SSSR count). The third-order valence-corrected chi connectivity index (χ3v) is 5.29. The lowest BCUT2D eigenvalue weighted by atomic mass is 9.97. The summed E-state index contributed by atoms with van der Waals surface area (Å²) in [4.78, 5) is 17.6. The van der Waals surface area contributed by atoms with Crippen LogP contribution in [0.3, 0.4) is 0 Å². The molecule has 2 N–H and O–H groups in total. The third-order valence-electron chi connectivity index (χ3n) is 5.00. The second-order valence-corrected chi connectivity index (χ2v) is 7.06. The van der Waals surface area contributed by atoms with E-state index >= 15 is 0 Å². The number of ether oxygens (including phenoxy) is 1. The van der Waals surface area contributed by atoms with Crippen molar-refractivity contribution in [3.8, 4) is 5.75 Å². The average molecular weight is 438 g/mol. The highest BCUT2D eigenvalue weighted by molar-refractivity contribution is 6.31. The number of hydrogen-bond donors (Lipinski definition) is 1. The first-order valence-corrected chi connectivity index (χ1v) is 9.23. The summed E-state index contributed by atoms with van der Waals surface area (Å²) < 4.78 is 46.4. The highest BCUT2D eigenvalue weighted by Crippen LogP contribution is 2.48. The number of nitrogens with two attached hydrogens (primary N) is 1. The van der Waals surface area contributed by atoms with E-state index in [4.69, 9.17) is 27.0 Å². The van der Waals surface area contributed by atoms with E-state index in [1.54, 1.807) is 12.1 Å². The fourth-order valence-corrected chi connectivity index (χ4v) is 4.16. The summed E-state index contributed by atoms with van der Waals surface area (Å²) in [5.41, 5.74) is 8.21. The van der Waals surface area contributed by atoms with Crippen LogP contribution in [-0.4, -0.2) is 29.0 Å². The van der Waals surface area contributed by atoms with Crippen LogP contribution in [0.1, 0.15) is 35.5 Å². The second kappa shape index (κ2) is 7.60. The van der Waals surface area contributed by atoms with Crippen molar-refractivity contribution in [3.05, 3.63) is 63.0 Å². The van der Waals surface area contributed by atoms with E-state index in [2.05, 4.69) is 15.2 Å². The fraction of sp³-hybridized carbons (Fsp3) is 0.263. The van der Waals surface area contributed by atoms with Crippen molar-refractivity contribution in [2.24, 2.45) is 15.9 Å². The van der Waals surface area contributed by atoms with Gasteiger partial charge in [0, 0.05) is 23.6 Å². The lowest BCUT2D eigenvalue weighted by Gasteiger charge is -2.21. The summed E-state index contributed by atoms with van der Waals surface area (Å²) >= 11 is 5.96. The van der Waals surface area contributed by atoms with Crippen LogP contribution < -0.4 is 10.5 Å². The maximum atomic E-state index is 13.9. The Morgan fingerprint density at radius 3 is 2.80 bits per heavy atom. The molecular formula is C19H15ClF3N5O2. The molecule has 2 aliphatic heterocycles. The monoisotopic (exact) mass is 437 g/mol. The number of aliphatic imine (C=N–C) groups is 1. The standard InChI is InChI=1S/C18H12ClF3N4O.CH3NO/c19-8-4-12-10(5-9(8)20)25-17-11-6-13(26(12)17)15-7(16(23)24-11)2-1-3-14(15)27-18(21)22;1-2-3/h1-5,11,13,18H,6H2,(H2,23,24);1H3. The van der Waals surface area contributed by atoms with Crippen molar-refractivity contribution in [1.29, 1.82) is 0 Å². The molecule has 0 saturated carbocycles. The van der Waals surface area contributed by atoms with Gasteiger partial charge < -0.3 is 15.0 Å². The minimum atomic E-state index is -2.97. The van der Waals surface area contributed by atoms with Crippen molar-refractivity contribution in [1.82, 2.24) is 9.55 Å². The molecule has 0 saturated heterocycles. The van der Waals surface area contributed by atoms with E-state index in [-0.39, 0.29) is 28.7 Å². The Hall–Kier alpha value is -3.14. The molecule has 0 aliphatic carbocycles. The summed E-state index contributed by atoms with van der Waals surface area (Å²) in [6.07, 6.45) is 0.491. The predicted molar refractivity (Wildman–Crippen MR) is 106 cm³/mol.